The first-order valence-electron chi connectivity index (χ1n) is 10.9. The molecular weight excluding hydrogens is 441 g/mol. The van der Waals surface area contributed by atoms with Crippen molar-refractivity contribution in [2.45, 2.75) is 38.8 Å². The lowest BCUT2D eigenvalue weighted by Crippen LogP contribution is -2.45. The number of ether oxygens (including phenoxy) is 1. The number of amides is 2. The SMILES string of the molecule is Cc1nc(C)c(C(=O)N(c2ccc(F)cc2)[C@@H](C(=O)NC[C@H]2CCCO2)c2ccccc2)s1. The van der Waals surface area contributed by atoms with Crippen LogP contribution in [0.5, 0.6) is 0 Å². The Hall–Kier alpha value is -3.10. The van der Waals surface area contributed by atoms with Crippen molar-refractivity contribution in [3.63, 3.8) is 0 Å². The molecule has 1 aliphatic heterocycles. The fraction of sp³-hybridized carbons (Fsp3) is 0.320. The third kappa shape index (κ3) is 5.29. The molecule has 1 fully saturated rings. The molecule has 0 spiro atoms. The Kier molecular flexibility index (Phi) is 7.15. The number of carbonyl (C=O) groups excluding carboxylic acids is 2. The standard InChI is InChI=1S/C25H26FN3O3S/c1-16-23(33-17(2)28-16)25(31)29(20-12-10-19(26)11-13-20)22(18-7-4-3-5-8-18)24(30)27-15-21-9-6-14-32-21/h3-5,7-8,10-13,21-22H,6,9,14-15H2,1-2H3,(H,27,30)/t21-,22-/m1/s1. The quantitative estimate of drug-likeness (QED) is 0.552. The molecular formula is C25H26FN3O3S. The number of benzene rings is 2. The topological polar surface area (TPSA) is 71.5 Å². The summed E-state index contributed by atoms with van der Waals surface area (Å²) in [6.07, 6.45) is 1.81. The van der Waals surface area contributed by atoms with Crippen molar-refractivity contribution in [2.75, 3.05) is 18.1 Å². The molecule has 172 valence electrons. The fourth-order valence-corrected chi connectivity index (χ4v) is 4.85. The number of halogens is 1. The number of carbonyl (C=O) groups is 2. The number of aromatic nitrogens is 1. The van der Waals surface area contributed by atoms with Gasteiger partial charge in [0, 0.05) is 18.8 Å². The molecule has 0 saturated carbocycles. The maximum atomic E-state index is 13.8. The molecule has 0 unspecified atom stereocenters. The van der Waals surface area contributed by atoms with E-state index in [1.807, 2.05) is 37.3 Å². The average molecular weight is 468 g/mol. The number of hydrogen-bond donors (Lipinski definition) is 1. The third-order valence-electron chi connectivity index (χ3n) is 5.57. The minimum atomic E-state index is -0.952. The van der Waals surface area contributed by atoms with Gasteiger partial charge in [-0.15, -0.1) is 11.3 Å². The first kappa shape index (κ1) is 23.1. The lowest BCUT2D eigenvalue weighted by atomic mass is 10.0. The molecule has 6 nitrogen and oxygen atoms in total. The molecule has 2 atom stereocenters. The maximum Gasteiger partial charge on any atom is 0.271 e. The van der Waals surface area contributed by atoms with Crippen LogP contribution in [0.4, 0.5) is 10.1 Å². The summed E-state index contributed by atoms with van der Waals surface area (Å²) in [5.74, 6) is -1.10. The summed E-state index contributed by atoms with van der Waals surface area (Å²) in [6, 6.07) is 13.8. The molecule has 0 radical (unpaired) electrons. The van der Waals surface area contributed by atoms with Gasteiger partial charge in [-0.05, 0) is 56.5 Å². The van der Waals surface area contributed by atoms with Crippen LogP contribution in [0.25, 0.3) is 0 Å². The van der Waals surface area contributed by atoms with E-state index in [0.29, 0.717) is 35.0 Å². The second-order valence-electron chi connectivity index (χ2n) is 7.99. The molecule has 1 aliphatic rings. The zero-order chi connectivity index (χ0) is 23.4. The molecule has 2 aromatic carbocycles. The van der Waals surface area contributed by atoms with E-state index in [4.69, 9.17) is 4.74 Å². The minimum absolute atomic E-state index is 0.0354. The molecule has 1 N–H and O–H groups in total. The number of thiazole rings is 1. The number of rotatable bonds is 7. The van der Waals surface area contributed by atoms with Crippen LogP contribution in [-0.2, 0) is 9.53 Å². The van der Waals surface area contributed by atoms with E-state index < -0.39 is 11.9 Å². The lowest BCUT2D eigenvalue weighted by Gasteiger charge is -2.31. The molecule has 2 amide bonds. The minimum Gasteiger partial charge on any atom is -0.376 e. The van der Waals surface area contributed by atoms with Crippen LogP contribution in [0.2, 0.25) is 0 Å². The van der Waals surface area contributed by atoms with Crippen LogP contribution in [0.15, 0.2) is 54.6 Å². The summed E-state index contributed by atoms with van der Waals surface area (Å²) in [6.45, 7) is 4.66. The van der Waals surface area contributed by atoms with Crippen LogP contribution >= 0.6 is 11.3 Å². The Labute approximate surface area is 196 Å². The van der Waals surface area contributed by atoms with Gasteiger partial charge in [-0.2, -0.15) is 0 Å². The van der Waals surface area contributed by atoms with Gasteiger partial charge in [-0.3, -0.25) is 14.5 Å². The van der Waals surface area contributed by atoms with E-state index in [1.54, 1.807) is 6.92 Å². The smallest absolute Gasteiger partial charge is 0.271 e. The number of nitrogens with zero attached hydrogens (tertiary/aromatic N) is 2. The van der Waals surface area contributed by atoms with Gasteiger partial charge < -0.3 is 10.1 Å². The van der Waals surface area contributed by atoms with Crippen LogP contribution in [0.1, 0.15) is 44.8 Å². The maximum absolute atomic E-state index is 13.8. The highest BCUT2D eigenvalue weighted by Crippen LogP contribution is 2.32. The molecule has 0 aliphatic carbocycles. The summed E-state index contributed by atoms with van der Waals surface area (Å²) in [4.78, 5) is 33.7. The normalized spacial score (nSPS) is 16.4. The van der Waals surface area contributed by atoms with Crippen molar-refractivity contribution in [3.05, 3.63) is 81.6 Å². The van der Waals surface area contributed by atoms with Gasteiger partial charge in [0.15, 0.2) is 0 Å². The van der Waals surface area contributed by atoms with Crippen molar-refractivity contribution < 1.29 is 18.7 Å². The van der Waals surface area contributed by atoms with E-state index in [2.05, 4.69) is 10.3 Å². The van der Waals surface area contributed by atoms with E-state index in [9.17, 15) is 14.0 Å². The summed E-state index contributed by atoms with van der Waals surface area (Å²) >= 11 is 1.28. The van der Waals surface area contributed by atoms with Crippen LogP contribution < -0.4 is 10.2 Å². The molecule has 2 heterocycles. The molecule has 1 saturated heterocycles. The van der Waals surface area contributed by atoms with Crippen molar-refractivity contribution in [2.24, 2.45) is 0 Å². The van der Waals surface area contributed by atoms with Gasteiger partial charge in [0.2, 0.25) is 5.91 Å². The van der Waals surface area contributed by atoms with E-state index in [1.165, 1.54) is 40.5 Å². The first-order valence-corrected chi connectivity index (χ1v) is 11.7. The summed E-state index contributed by atoms with van der Waals surface area (Å²) < 4.78 is 19.4. The Balaban J connectivity index is 1.76. The van der Waals surface area contributed by atoms with Gasteiger partial charge >= 0.3 is 0 Å². The Bertz CT molecular complexity index is 1110. The molecule has 3 aromatic rings. The molecule has 8 heteroatoms. The van der Waals surface area contributed by atoms with Crippen LogP contribution in [0, 0.1) is 19.7 Å². The van der Waals surface area contributed by atoms with Gasteiger partial charge in [0.25, 0.3) is 5.91 Å². The molecule has 33 heavy (non-hydrogen) atoms. The zero-order valence-corrected chi connectivity index (χ0v) is 19.4. The largest absolute Gasteiger partial charge is 0.376 e. The molecule has 4 rings (SSSR count). The van der Waals surface area contributed by atoms with E-state index in [-0.39, 0.29) is 17.9 Å². The predicted molar refractivity (Wildman–Crippen MR) is 126 cm³/mol. The third-order valence-corrected chi connectivity index (χ3v) is 6.63. The van der Waals surface area contributed by atoms with Gasteiger partial charge in [0.05, 0.1) is 16.8 Å². The first-order chi connectivity index (χ1) is 15.9. The Morgan fingerprint density at radius 3 is 2.52 bits per heavy atom. The zero-order valence-electron chi connectivity index (χ0n) is 18.6. The number of nitrogens with one attached hydrogen (secondary N) is 1. The van der Waals surface area contributed by atoms with Gasteiger partial charge in [-0.1, -0.05) is 30.3 Å². The number of anilines is 1. The van der Waals surface area contributed by atoms with Crippen molar-refractivity contribution in [1.82, 2.24) is 10.3 Å². The number of aryl methyl sites for hydroxylation is 2. The Morgan fingerprint density at radius 2 is 1.91 bits per heavy atom. The summed E-state index contributed by atoms with van der Waals surface area (Å²) in [5.41, 5.74) is 1.67. The van der Waals surface area contributed by atoms with Gasteiger partial charge in [0.1, 0.15) is 16.7 Å². The highest BCUT2D eigenvalue weighted by atomic mass is 32.1. The monoisotopic (exact) mass is 467 g/mol. The summed E-state index contributed by atoms with van der Waals surface area (Å²) in [7, 11) is 0. The predicted octanol–water partition coefficient (Wildman–Crippen LogP) is 4.58. The Morgan fingerprint density at radius 1 is 1.18 bits per heavy atom. The fourth-order valence-electron chi connectivity index (χ4n) is 3.99. The van der Waals surface area contributed by atoms with E-state index >= 15 is 0 Å². The highest BCUT2D eigenvalue weighted by molar-refractivity contribution is 7.13. The van der Waals surface area contributed by atoms with Crippen molar-refractivity contribution in [3.8, 4) is 0 Å². The van der Waals surface area contributed by atoms with Crippen molar-refractivity contribution >= 4 is 28.8 Å². The van der Waals surface area contributed by atoms with Crippen LogP contribution in [-0.4, -0.2) is 36.1 Å². The lowest BCUT2D eigenvalue weighted by molar-refractivity contribution is -0.123. The van der Waals surface area contributed by atoms with Crippen LogP contribution in [0.3, 0.4) is 0 Å². The van der Waals surface area contributed by atoms with E-state index in [0.717, 1.165) is 17.8 Å². The molecule has 1 aromatic heterocycles. The van der Waals surface area contributed by atoms with Gasteiger partial charge in [-0.25, -0.2) is 9.37 Å². The summed E-state index contributed by atoms with van der Waals surface area (Å²) in [5, 5.41) is 3.73. The van der Waals surface area contributed by atoms with Crippen molar-refractivity contribution in [1.29, 1.82) is 0 Å². The highest BCUT2D eigenvalue weighted by Gasteiger charge is 2.35. The second-order valence-corrected chi connectivity index (χ2v) is 9.20. The number of hydrogen-bond acceptors (Lipinski definition) is 5. The molecule has 0 bridgehead atoms. The average Bonchev–Trinajstić information content (AvgIpc) is 3.45. The second kappa shape index (κ2) is 10.2.